The Morgan fingerprint density at radius 2 is 2.12 bits per heavy atom. The third-order valence-electron chi connectivity index (χ3n) is 2.16. The maximum absolute atomic E-state index is 12.3. The van der Waals surface area contributed by atoms with Crippen LogP contribution in [0.3, 0.4) is 0 Å². The van der Waals surface area contributed by atoms with Crippen LogP contribution in [0, 0.1) is 0 Å². The van der Waals surface area contributed by atoms with Gasteiger partial charge in [-0.2, -0.15) is 4.98 Å². The Hall–Kier alpha value is -1.08. The van der Waals surface area contributed by atoms with Crippen molar-refractivity contribution in [2.45, 2.75) is 32.7 Å². The number of rotatable bonds is 7. The largest absolute Gasteiger partial charge is 0.395 e. The van der Waals surface area contributed by atoms with Gasteiger partial charge < -0.3 is 9.63 Å². The Kier molecular flexibility index (Phi) is 5.43. The van der Waals surface area contributed by atoms with Crippen molar-refractivity contribution < 1.29 is 18.4 Å². The molecule has 0 aliphatic carbocycles. The van der Waals surface area contributed by atoms with E-state index in [1.165, 1.54) is 4.90 Å². The zero-order valence-electron chi connectivity index (χ0n) is 9.94. The van der Waals surface area contributed by atoms with Crippen LogP contribution in [0.5, 0.6) is 0 Å². The molecule has 1 N–H and O–H groups in total. The molecule has 1 aromatic heterocycles. The lowest BCUT2D eigenvalue weighted by atomic mass is 10.2. The van der Waals surface area contributed by atoms with Gasteiger partial charge in [-0.05, 0) is 0 Å². The highest BCUT2D eigenvalue weighted by Gasteiger charge is 2.16. The molecular weight excluding hydrogens is 232 g/mol. The summed E-state index contributed by atoms with van der Waals surface area (Å²) in [5, 5.41) is 12.5. The van der Waals surface area contributed by atoms with E-state index < -0.39 is 13.0 Å². The third kappa shape index (κ3) is 4.74. The van der Waals surface area contributed by atoms with E-state index in [9.17, 15) is 8.78 Å². The Morgan fingerprint density at radius 1 is 1.41 bits per heavy atom. The van der Waals surface area contributed by atoms with Crippen LogP contribution >= 0.6 is 0 Å². The SMILES string of the molecule is CC(C)c1nc(CN(CCO)CC(F)F)no1. The first kappa shape index (κ1) is 14.0. The van der Waals surface area contributed by atoms with Crippen molar-refractivity contribution in [3.05, 3.63) is 11.7 Å². The molecule has 17 heavy (non-hydrogen) atoms. The molecule has 1 heterocycles. The van der Waals surface area contributed by atoms with Crippen molar-refractivity contribution in [2.75, 3.05) is 19.7 Å². The number of aromatic nitrogens is 2. The lowest BCUT2D eigenvalue weighted by Crippen LogP contribution is -2.31. The van der Waals surface area contributed by atoms with E-state index in [1.54, 1.807) is 0 Å². The summed E-state index contributed by atoms with van der Waals surface area (Å²) in [6.07, 6.45) is -2.45. The molecule has 0 fully saturated rings. The second kappa shape index (κ2) is 6.61. The highest BCUT2D eigenvalue weighted by Crippen LogP contribution is 2.12. The molecule has 0 radical (unpaired) electrons. The molecule has 0 amide bonds. The summed E-state index contributed by atoms with van der Waals surface area (Å²) < 4.78 is 29.5. The Balaban J connectivity index is 2.58. The summed E-state index contributed by atoms with van der Waals surface area (Å²) in [7, 11) is 0. The molecule has 7 heteroatoms. The molecule has 0 spiro atoms. The average Bonchev–Trinajstić information content (AvgIpc) is 2.65. The molecule has 98 valence electrons. The van der Waals surface area contributed by atoms with Gasteiger partial charge in [-0.1, -0.05) is 19.0 Å². The van der Waals surface area contributed by atoms with Crippen molar-refractivity contribution in [2.24, 2.45) is 0 Å². The molecule has 5 nitrogen and oxygen atoms in total. The van der Waals surface area contributed by atoms with Crippen LogP contribution in [0.1, 0.15) is 31.5 Å². The van der Waals surface area contributed by atoms with Crippen LogP contribution in [-0.4, -0.2) is 46.3 Å². The summed E-state index contributed by atoms with van der Waals surface area (Å²) in [6, 6.07) is 0. The van der Waals surface area contributed by atoms with Crippen molar-refractivity contribution in [1.29, 1.82) is 0 Å². The van der Waals surface area contributed by atoms with Gasteiger partial charge in [0, 0.05) is 12.5 Å². The molecule has 0 aliphatic heterocycles. The summed E-state index contributed by atoms with van der Waals surface area (Å²) in [5.74, 6) is 0.960. The topological polar surface area (TPSA) is 62.4 Å². The van der Waals surface area contributed by atoms with E-state index in [4.69, 9.17) is 9.63 Å². The fourth-order valence-corrected chi connectivity index (χ4v) is 1.34. The van der Waals surface area contributed by atoms with Crippen LogP contribution in [0.25, 0.3) is 0 Å². The van der Waals surface area contributed by atoms with Crippen molar-refractivity contribution >= 4 is 0 Å². The molecular formula is C10H17F2N3O2. The minimum atomic E-state index is -2.45. The van der Waals surface area contributed by atoms with Crippen molar-refractivity contribution in [1.82, 2.24) is 15.0 Å². The van der Waals surface area contributed by atoms with Gasteiger partial charge in [0.2, 0.25) is 5.89 Å². The van der Waals surface area contributed by atoms with E-state index >= 15 is 0 Å². The van der Waals surface area contributed by atoms with Crippen LogP contribution in [0.15, 0.2) is 4.52 Å². The normalized spacial score (nSPS) is 12.0. The highest BCUT2D eigenvalue weighted by atomic mass is 19.3. The summed E-state index contributed by atoms with van der Waals surface area (Å²) in [6.45, 7) is 3.54. The quantitative estimate of drug-likeness (QED) is 0.788. The summed E-state index contributed by atoms with van der Waals surface area (Å²) in [5.41, 5.74) is 0. The minimum Gasteiger partial charge on any atom is -0.395 e. The summed E-state index contributed by atoms with van der Waals surface area (Å²) in [4.78, 5) is 5.48. The molecule has 1 rings (SSSR count). The molecule has 0 bridgehead atoms. The second-order valence-corrected chi connectivity index (χ2v) is 4.05. The van der Waals surface area contributed by atoms with Gasteiger partial charge in [0.25, 0.3) is 6.43 Å². The van der Waals surface area contributed by atoms with Gasteiger partial charge in [-0.15, -0.1) is 0 Å². The van der Waals surface area contributed by atoms with Crippen molar-refractivity contribution in [3.8, 4) is 0 Å². The fraction of sp³-hybridized carbons (Fsp3) is 0.800. The lowest BCUT2D eigenvalue weighted by molar-refractivity contribution is 0.0729. The monoisotopic (exact) mass is 249 g/mol. The van der Waals surface area contributed by atoms with E-state index in [-0.39, 0.29) is 25.6 Å². The molecule has 0 atom stereocenters. The first-order chi connectivity index (χ1) is 8.02. The maximum Gasteiger partial charge on any atom is 0.251 e. The zero-order valence-corrected chi connectivity index (χ0v) is 9.94. The number of halogens is 2. The standard InChI is InChI=1S/C10H17F2N3O2/c1-7(2)10-13-9(14-17-10)6-15(3-4-16)5-8(11)12/h7-8,16H,3-6H2,1-2H3. The van der Waals surface area contributed by atoms with Gasteiger partial charge in [-0.3, -0.25) is 4.90 Å². The van der Waals surface area contributed by atoms with Gasteiger partial charge in [0.15, 0.2) is 5.82 Å². The van der Waals surface area contributed by atoms with Crippen LogP contribution in [0.4, 0.5) is 8.78 Å². The number of alkyl halides is 2. The third-order valence-corrected chi connectivity index (χ3v) is 2.16. The summed E-state index contributed by atoms with van der Waals surface area (Å²) >= 11 is 0. The van der Waals surface area contributed by atoms with Gasteiger partial charge >= 0.3 is 0 Å². The molecule has 0 aromatic carbocycles. The lowest BCUT2D eigenvalue weighted by Gasteiger charge is -2.18. The number of hydrogen-bond donors (Lipinski definition) is 1. The number of aliphatic hydroxyl groups is 1. The number of aliphatic hydroxyl groups excluding tert-OH is 1. The fourth-order valence-electron chi connectivity index (χ4n) is 1.34. The number of nitrogens with zero attached hydrogens (tertiary/aromatic N) is 3. The van der Waals surface area contributed by atoms with Crippen LogP contribution in [0.2, 0.25) is 0 Å². The van der Waals surface area contributed by atoms with Gasteiger partial charge in [0.1, 0.15) is 0 Å². The van der Waals surface area contributed by atoms with Crippen molar-refractivity contribution in [3.63, 3.8) is 0 Å². The molecule has 0 aliphatic rings. The molecule has 0 saturated heterocycles. The zero-order chi connectivity index (χ0) is 12.8. The van der Waals surface area contributed by atoms with Gasteiger partial charge in [-0.25, -0.2) is 8.78 Å². The average molecular weight is 249 g/mol. The predicted octanol–water partition coefficient (Wildman–Crippen LogP) is 1.25. The van der Waals surface area contributed by atoms with Crippen LogP contribution < -0.4 is 0 Å². The molecule has 0 unspecified atom stereocenters. The van der Waals surface area contributed by atoms with E-state index in [0.29, 0.717) is 11.7 Å². The molecule has 0 saturated carbocycles. The molecule has 1 aromatic rings. The Morgan fingerprint density at radius 3 is 2.59 bits per heavy atom. The first-order valence-corrected chi connectivity index (χ1v) is 5.46. The second-order valence-electron chi connectivity index (χ2n) is 4.05. The van der Waals surface area contributed by atoms with E-state index in [1.807, 2.05) is 13.8 Å². The van der Waals surface area contributed by atoms with E-state index in [2.05, 4.69) is 10.1 Å². The predicted molar refractivity (Wildman–Crippen MR) is 56.8 cm³/mol. The maximum atomic E-state index is 12.3. The smallest absolute Gasteiger partial charge is 0.251 e. The number of hydrogen-bond acceptors (Lipinski definition) is 5. The Bertz CT molecular complexity index is 331. The Labute approximate surface area is 98.4 Å². The van der Waals surface area contributed by atoms with E-state index in [0.717, 1.165) is 0 Å². The minimum absolute atomic E-state index is 0.109. The highest BCUT2D eigenvalue weighted by molar-refractivity contribution is 4.90. The van der Waals surface area contributed by atoms with Gasteiger partial charge in [0.05, 0.1) is 19.7 Å². The first-order valence-electron chi connectivity index (χ1n) is 5.46. The van der Waals surface area contributed by atoms with Crippen LogP contribution in [-0.2, 0) is 6.54 Å².